The van der Waals surface area contributed by atoms with Gasteiger partial charge < -0.3 is 14.8 Å². The first kappa shape index (κ1) is 22.5. The highest BCUT2D eigenvalue weighted by Crippen LogP contribution is 2.32. The average molecular weight is 451 g/mol. The lowest BCUT2D eigenvalue weighted by molar-refractivity contribution is -0.120. The van der Waals surface area contributed by atoms with Crippen molar-refractivity contribution >= 4 is 33.4 Å². The summed E-state index contributed by atoms with van der Waals surface area (Å²) in [7, 11) is -0.803. The van der Waals surface area contributed by atoms with E-state index in [1.807, 2.05) is 30.5 Å². The summed E-state index contributed by atoms with van der Waals surface area (Å²) in [6.07, 6.45) is 3.21. The Bertz CT molecular complexity index is 1010. The Morgan fingerprint density at radius 3 is 2.57 bits per heavy atom. The second-order valence-corrected chi connectivity index (χ2v) is 9.69. The van der Waals surface area contributed by atoms with Crippen LogP contribution in [0, 0.1) is 5.92 Å². The van der Waals surface area contributed by atoms with E-state index in [0.717, 1.165) is 10.6 Å². The Morgan fingerprint density at radius 1 is 1.13 bits per heavy atom. The molecule has 2 aromatic carbocycles. The van der Waals surface area contributed by atoms with Gasteiger partial charge in [-0.15, -0.1) is 11.8 Å². The second kappa shape index (κ2) is 9.72. The first-order valence-corrected chi connectivity index (χ1v) is 12.2. The number of anilines is 1. The molecule has 1 aliphatic rings. The summed E-state index contributed by atoms with van der Waals surface area (Å²) < 4.78 is 38.1. The van der Waals surface area contributed by atoms with Gasteiger partial charge in [0.2, 0.25) is 15.9 Å². The number of thioether (sulfide) groups is 1. The number of carbonyl (C=O) groups excluding carboxylic acids is 1. The number of methoxy groups -OCH3 is 2. The summed E-state index contributed by atoms with van der Waals surface area (Å²) in [6, 6.07) is 12.1. The van der Waals surface area contributed by atoms with Crippen molar-refractivity contribution < 1.29 is 22.7 Å². The molecule has 0 radical (unpaired) electrons. The summed E-state index contributed by atoms with van der Waals surface area (Å²) in [4.78, 5) is 13.9. The third-order valence-electron chi connectivity index (χ3n) is 5.11. The van der Waals surface area contributed by atoms with Gasteiger partial charge in [-0.2, -0.15) is 4.31 Å². The summed E-state index contributed by atoms with van der Waals surface area (Å²) >= 11 is 1.55. The van der Waals surface area contributed by atoms with Crippen LogP contribution >= 0.6 is 11.8 Å². The van der Waals surface area contributed by atoms with Crippen molar-refractivity contribution in [2.45, 2.75) is 22.6 Å². The van der Waals surface area contributed by atoms with Crippen molar-refractivity contribution in [1.29, 1.82) is 0 Å². The number of nitrogens with one attached hydrogen (secondary N) is 1. The van der Waals surface area contributed by atoms with Crippen molar-refractivity contribution in [2.24, 2.45) is 5.92 Å². The summed E-state index contributed by atoms with van der Waals surface area (Å²) in [5.74, 6) is 0.227. The van der Waals surface area contributed by atoms with Gasteiger partial charge >= 0.3 is 0 Å². The predicted octanol–water partition coefficient (Wildman–Crippen LogP) is 3.47. The maximum Gasteiger partial charge on any atom is 0.243 e. The molecule has 2 aromatic rings. The first-order chi connectivity index (χ1) is 14.4. The van der Waals surface area contributed by atoms with Crippen molar-refractivity contribution in [3.8, 4) is 11.5 Å². The Hall–Kier alpha value is -2.23. The molecular weight excluding hydrogens is 424 g/mol. The van der Waals surface area contributed by atoms with Crippen molar-refractivity contribution in [1.82, 2.24) is 4.31 Å². The number of sulfonamides is 1. The van der Waals surface area contributed by atoms with Gasteiger partial charge in [0.1, 0.15) is 0 Å². The fourth-order valence-corrected chi connectivity index (χ4v) is 5.58. The third kappa shape index (κ3) is 4.74. The topological polar surface area (TPSA) is 84.9 Å². The normalized spacial score (nSPS) is 17.4. The standard InChI is InChI=1S/C21H26N2O5S2/c1-27-18-11-10-16(13-19(18)28-2)30(25,26)23-12-6-7-15(14-23)21(24)22-17-8-4-5-9-20(17)29-3/h4-5,8-11,13,15H,6-7,12,14H2,1-3H3,(H,22,24). The molecule has 1 aliphatic heterocycles. The van der Waals surface area contributed by atoms with E-state index in [1.54, 1.807) is 17.8 Å². The SMILES string of the molecule is COc1ccc(S(=O)(=O)N2CCCC(C(=O)Nc3ccccc3SC)C2)cc1OC. The molecule has 1 saturated heterocycles. The molecule has 30 heavy (non-hydrogen) atoms. The fraction of sp³-hybridized carbons (Fsp3) is 0.381. The lowest BCUT2D eigenvalue weighted by Gasteiger charge is -2.31. The first-order valence-electron chi connectivity index (χ1n) is 9.56. The van der Waals surface area contributed by atoms with Crippen LogP contribution < -0.4 is 14.8 Å². The molecule has 1 amide bonds. The highest BCUT2D eigenvalue weighted by atomic mass is 32.2. The van der Waals surface area contributed by atoms with E-state index >= 15 is 0 Å². The van der Waals surface area contributed by atoms with E-state index < -0.39 is 15.9 Å². The predicted molar refractivity (Wildman–Crippen MR) is 118 cm³/mol. The van der Waals surface area contributed by atoms with Gasteiger partial charge in [-0.05, 0) is 43.4 Å². The molecule has 162 valence electrons. The van der Waals surface area contributed by atoms with Gasteiger partial charge in [-0.1, -0.05) is 12.1 Å². The van der Waals surface area contributed by atoms with Crippen molar-refractivity contribution in [2.75, 3.05) is 38.9 Å². The molecule has 1 N–H and O–H groups in total. The number of hydrogen-bond donors (Lipinski definition) is 1. The number of benzene rings is 2. The molecule has 0 saturated carbocycles. The Kier molecular flexibility index (Phi) is 7.27. The van der Waals surface area contributed by atoms with Gasteiger partial charge in [0, 0.05) is 24.1 Å². The molecule has 7 nitrogen and oxygen atoms in total. The Morgan fingerprint density at radius 2 is 1.87 bits per heavy atom. The molecular formula is C21H26N2O5S2. The Labute approximate surface area is 181 Å². The molecule has 0 aromatic heterocycles. The lowest BCUT2D eigenvalue weighted by Crippen LogP contribution is -2.43. The molecule has 0 spiro atoms. The number of nitrogens with zero attached hydrogens (tertiary/aromatic N) is 1. The maximum atomic E-state index is 13.2. The largest absolute Gasteiger partial charge is 0.493 e. The van der Waals surface area contributed by atoms with Gasteiger partial charge in [-0.3, -0.25) is 4.79 Å². The fourth-order valence-electron chi connectivity index (χ4n) is 3.48. The van der Waals surface area contributed by atoms with Crippen LogP contribution in [0.1, 0.15) is 12.8 Å². The molecule has 1 fully saturated rings. The number of rotatable bonds is 7. The van der Waals surface area contributed by atoms with E-state index in [1.165, 1.54) is 30.7 Å². The van der Waals surface area contributed by atoms with Crippen LogP contribution in [-0.2, 0) is 14.8 Å². The molecule has 9 heteroatoms. The second-order valence-electron chi connectivity index (χ2n) is 6.91. The van der Waals surface area contributed by atoms with Crippen LogP contribution in [0.25, 0.3) is 0 Å². The van der Waals surface area contributed by atoms with Crippen LogP contribution in [0.2, 0.25) is 0 Å². The van der Waals surface area contributed by atoms with E-state index in [0.29, 0.717) is 30.9 Å². The van der Waals surface area contributed by atoms with Crippen molar-refractivity contribution in [3.05, 3.63) is 42.5 Å². The number of ether oxygens (including phenoxy) is 2. The minimum absolute atomic E-state index is 0.119. The molecule has 1 heterocycles. The smallest absolute Gasteiger partial charge is 0.243 e. The quantitative estimate of drug-likeness (QED) is 0.651. The minimum Gasteiger partial charge on any atom is -0.493 e. The highest BCUT2D eigenvalue weighted by Gasteiger charge is 2.34. The number of amides is 1. The highest BCUT2D eigenvalue weighted by molar-refractivity contribution is 7.98. The molecule has 1 unspecified atom stereocenters. The van der Waals surface area contributed by atoms with E-state index in [-0.39, 0.29) is 17.3 Å². The lowest BCUT2D eigenvalue weighted by atomic mass is 9.99. The number of carbonyl (C=O) groups is 1. The summed E-state index contributed by atoms with van der Waals surface area (Å²) in [5, 5.41) is 2.96. The van der Waals surface area contributed by atoms with E-state index in [9.17, 15) is 13.2 Å². The summed E-state index contributed by atoms with van der Waals surface area (Å²) in [5.41, 5.74) is 0.745. The number of para-hydroxylation sites is 1. The molecule has 1 atom stereocenters. The molecule has 3 rings (SSSR count). The van der Waals surface area contributed by atoms with Gasteiger partial charge in [-0.25, -0.2) is 8.42 Å². The van der Waals surface area contributed by atoms with Crippen molar-refractivity contribution in [3.63, 3.8) is 0 Å². The minimum atomic E-state index is -3.76. The van der Waals surface area contributed by atoms with Gasteiger partial charge in [0.15, 0.2) is 11.5 Å². The third-order valence-corrected chi connectivity index (χ3v) is 7.77. The Balaban J connectivity index is 1.77. The number of piperidine rings is 1. The van der Waals surface area contributed by atoms with Gasteiger partial charge in [0.25, 0.3) is 0 Å². The molecule has 0 aliphatic carbocycles. The van der Waals surface area contributed by atoms with Crippen LogP contribution in [-0.4, -0.2) is 52.2 Å². The monoisotopic (exact) mass is 450 g/mol. The van der Waals surface area contributed by atoms with E-state index in [4.69, 9.17) is 9.47 Å². The van der Waals surface area contributed by atoms with E-state index in [2.05, 4.69) is 5.32 Å². The zero-order chi connectivity index (χ0) is 21.7. The van der Waals surface area contributed by atoms with Gasteiger partial charge in [0.05, 0.1) is 30.7 Å². The van der Waals surface area contributed by atoms with Crippen LogP contribution in [0.3, 0.4) is 0 Å². The van der Waals surface area contributed by atoms with Crippen LogP contribution in [0.4, 0.5) is 5.69 Å². The zero-order valence-corrected chi connectivity index (χ0v) is 18.9. The van der Waals surface area contributed by atoms with Crippen LogP contribution in [0.5, 0.6) is 11.5 Å². The molecule has 0 bridgehead atoms. The zero-order valence-electron chi connectivity index (χ0n) is 17.3. The maximum absolute atomic E-state index is 13.2. The van der Waals surface area contributed by atoms with Crippen LogP contribution in [0.15, 0.2) is 52.3 Å². The number of hydrogen-bond acceptors (Lipinski definition) is 6. The summed E-state index contributed by atoms with van der Waals surface area (Å²) in [6.45, 7) is 0.520. The average Bonchev–Trinajstić information content (AvgIpc) is 2.78.